The number of thiocarbonyl (C=S) groups is 1. The van der Waals surface area contributed by atoms with Crippen LogP contribution in [0.15, 0.2) is 72.9 Å². The highest BCUT2D eigenvalue weighted by molar-refractivity contribution is 7.80. The van der Waals surface area contributed by atoms with E-state index in [1.165, 1.54) is 7.11 Å². The largest absolute Gasteiger partial charge is 0.465 e. The van der Waals surface area contributed by atoms with Crippen LogP contribution in [0.25, 0.3) is 5.69 Å². The number of carbonyl (C=O) groups is 2. The molecule has 2 aromatic carbocycles. The molecular weight excluding hydrogens is 570 g/mol. The maximum Gasteiger partial charge on any atom is 0.339 e. The van der Waals surface area contributed by atoms with Gasteiger partial charge in [0, 0.05) is 29.2 Å². The van der Waals surface area contributed by atoms with Crippen LogP contribution in [0.2, 0.25) is 5.02 Å². The summed E-state index contributed by atoms with van der Waals surface area (Å²) in [5, 5.41) is 7.29. The number of esters is 1. The first-order valence-electron chi connectivity index (χ1n) is 13.6. The average Bonchev–Trinajstić information content (AvgIpc) is 3.48. The van der Waals surface area contributed by atoms with Crippen molar-refractivity contribution in [1.29, 1.82) is 0 Å². The van der Waals surface area contributed by atoms with Gasteiger partial charge in [0.05, 0.1) is 46.8 Å². The van der Waals surface area contributed by atoms with Gasteiger partial charge in [0.15, 0.2) is 5.11 Å². The first kappa shape index (κ1) is 29.3. The molecule has 2 aromatic heterocycles. The molecule has 0 saturated carbocycles. The van der Waals surface area contributed by atoms with Crippen LogP contribution in [0.1, 0.15) is 58.9 Å². The zero-order valence-electron chi connectivity index (χ0n) is 24.0. The second-order valence-corrected chi connectivity index (χ2v) is 11.3. The maximum absolute atomic E-state index is 12.7. The number of nitrogens with zero attached hydrogens (tertiary/aromatic N) is 3. The highest BCUT2D eigenvalue weighted by atomic mass is 35.5. The molecule has 1 saturated heterocycles. The van der Waals surface area contributed by atoms with Gasteiger partial charge in [0.2, 0.25) is 5.91 Å². The molecule has 0 bridgehead atoms. The molecule has 0 radical (unpaired) electrons. The van der Waals surface area contributed by atoms with Gasteiger partial charge in [0.1, 0.15) is 0 Å². The van der Waals surface area contributed by atoms with E-state index in [9.17, 15) is 9.59 Å². The minimum absolute atomic E-state index is 0.115. The Morgan fingerprint density at radius 1 is 1.07 bits per heavy atom. The summed E-state index contributed by atoms with van der Waals surface area (Å²) in [7, 11) is 1.38. The van der Waals surface area contributed by atoms with Gasteiger partial charge in [-0.15, -0.1) is 0 Å². The summed E-state index contributed by atoms with van der Waals surface area (Å²) in [6.45, 7) is 7.69. The number of aryl methyl sites for hydroxylation is 1. The Morgan fingerprint density at radius 2 is 1.81 bits per heavy atom. The minimum Gasteiger partial charge on any atom is -0.465 e. The molecule has 1 amide bonds. The molecule has 1 aliphatic heterocycles. The smallest absolute Gasteiger partial charge is 0.339 e. The number of hydrogen-bond acceptors (Lipinski definition) is 5. The van der Waals surface area contributed by atoms with Crippen LogP contribution in [0, 0.1) is 19.8 Å². The molecule has 8 nitrogen and oxygen atoms in total. The number of aromatic nitrogens is 2. The molecule has 4 aromatic rings. The van der Waals surface area contributed by atoms with Crippen LogP contribution in [0.4, 0.5) is 11.4 Å². The SMILES string of the molecule is COC(=O)c1ccccc1-n1c(C)cc(C2C(c3ccccn3)NC(=S)N2c2ccc(NC(=O)C(C)C)c(Cl)c2)c1C. The van der Waals surface area contributed by atoms with Crippen molar-refractivity contribution in [2.24, 2.45) is 5.92 Å². The van der Waals surface area contributed by atoms with E-state index >= 15 is 0 Å². The Morgan fingerprint density at radius 3 is 2.48 bits per heavy atom. The summed E-state index contributed by atoms with van der Waals surface area (Å²) >= 11 is 12.6. The van der Waals surface area contributed by atoms with Crippen LogP contribution in [-0.2, 0) is 9.53 Å². The van der Waals surface area contributed by atoms with Crippen LogP contribution in [0.3, 0.4) is 0 Å². The number of anilines is 2. The Hall–Kier alpha value is -4.21. The molecule has 3 heterocycles. The Labute approximate surface area is 255 Å². The molecule has 0 spiro atoms. The van der Waals surface area contributed by atoms with Crippen molar-refractivity contribution in [1.82, 2.24) is 14.9 Å². The number of para-hydroxylation sites is 1. The minimum atomic E-state index is -0.407. The summed E-state index contributed by atoms with van der Waals surface area (Å²) in [6, 6.07) is 20.2. The van der Waals surface area contributed by atoms with E-state index in [-0.39, 0.29) is 23.9 Å². The molecule has 2 atom stereocenters. The first-order chi connectivity index (χ1) is 20.1. The fourth-order valence-electron chi connectivity index (χ4n) is 5.39. The van der Waals surface area contributed by atoms with Crippen molar-refractivity contribution in [2.75, 3.05) is 17.3 Å². The van der Waals surface area contributed by atoms with Crippen molar-refractivity contribution in [3.63, 3.8) is 0 Å². The molecule has 2 N–H and O–H groups in total. The molecule has 216 valence electrons. The quantitative estimate of drug-likeness (QED) is 0.180. The van der Waals surface area contributed by atoms with E-state index in [1.54, 1.807) is 18.3 Å². The van der Waals surface area contributed by atoms with Gasteiger partial charge in [-0.25, -0.2) is 4.79 Å². The fourth-order valence-corrected chi connectivity index (χ4v) is 5.96. The molecule has 1 fully saturated rings. The number of rotatable bonds is 7. The second kappa shape index (κ2) is 12.0. The lowest BCUT2D eigenvalue weighted by molar-refractivity contribution is -0.118. The molecular formula is C32H32ClN5O3S. The number of nitrogens with one attached hydrogen (secondary N) is 2. The van der Waals surface area contributed by atoms with E-state index in [1.807, 2.05) is 81.1 Å². The van der Waals surface area contributed by atoms with Crippen LogP contribution in [0.5, 0.6) is 0 Å². The van der Waals surface area contributed by atoms with Crippen LogP contribution >= 0.6 is 23.8 Å². The number of hydrogen-bond donors (Lipinski definition) is 2. The molecule has 42 heavy (non-hydrogen) atoms. The summed E-state index contributed by atoms with van der Waals surface area (Å²) in [6.07, 6.45) is 1.76. The topological polar surface area (TPSA) is 88.5 Å². The fraction of sp³-hybridized carbons (Fsp3) is 0.250. The molecule has 1 aliphatic rings. The number of methoxy groups -OCH3 is 1. The standard InChI is InChI=1S/C32H32ClN5O3S/c1-18(2)30(39)35-25-14-13-21(17-24(25)33)38-29(28(36-32(38)42)26-11-8-9-15-34-26)23-16-19(3)37(20(23)4)27-12-7-6-10-22(27)31(40)41-5/h6-18,28-29H,1-5H3,(H,35,39)(H,36,42). The number of benzene rings is 2. The van der Waals surface area contributed by atoms with Gasteiger partial charge in [-0.2, -0.15) is 0 Å². The lowest BCUT2D eigenvalue weighted by atomic mass is 9.96. The predicted octanol–water partition coefficient (Wildman–Crippen LogP) is 6.70. The van der Waals surface area contributed by atoms with E-state index in [0.717, 1.165) is 34.0 Å². The van der Waals surface area contributed by atoms with Crippen LogP contribution in [-0.4, -0.2) is 33.6 Å². The highest BCUT2D eigenvalue weighted by Crippen LogP contribution is 2.45. The van der Waals surface area contributed by atoms with Gasteiger partial charge < -0.3 is 24.8 Å². The second-order valence-electron chi connectivity index (χ2n) is 10.5. The van der Waals surface area contributed by atoms with Gasteiger partial charge in [-0.3, -0.25) is 9.78 Å². The summed E-state index contributed by atoms with van der Waals surface area (Å²) in [5.74, 6) is -0.703. The number of ether oxygens (including phenoxy) is 1. The van der Waals surface area contributed by atoms with Crippen molar-refractivity contribution in [2.45, 2.75) is 39.8 Å². The Kier molecular flexibility index (Phi) is 8.34. The predicted molar refractivity (Wildman–Crippen MR) is 169 cm³/mol. The van der Waals surface area contributed by atoms with Crippen molar-refractivity contribution < 1.29 is 14.3 Å². The number of carbonyl (C=O) groups excluding carboxylic acids is 2. The van der Waals surface area contributed by atoms with Crippen molar-refractivity contribution in [3.05, 3.63) is 106 Å². The molecule has 5 rings (SSSR count). The maximum atomic E-state index is 12.7. The third kappa shape index (κ3) is 5.37. The summed E-state index contributed by atoms with van der Waals surface area (Å²) in [5.41, 5.74) is 6.23. The first-order valence-corrected chi connectivity index (χ1v) is 14.4. The Balaban J connectivity index is 1.64. The van der Waals surface area contributed by atoms with Crippen molar-refractivity contribution in [3.8, 4) is 5.69 Å². The zero-order valence-corrected chi connectivity index (χ0v) is 25.6. The zero-order chi connectivity index (χ0) is 30.1. The normalized spacial score (nSPS) is 16.5. The number of halogens is 1. The van der Waals surface area contributed by atoms with Gasteiger partial charge in [-0.1, -0.05) is 43.6 Å². The third-order valence-electron chi connectivity index (χ3n) is 7.45. The average molecular weight is 602 g/mol. The molecule has 10 heteroatoms. The third-order valence-corrected chi connectivity index (χ3v) is 8.08. The van der Waals surface area contributed by atoms with E-state index in [0.29, 0.717) is 21.4 Å². The van der Waals surface area contributed by atoms with E-state index < -0.39 is 5.97 Å². The van der Waals surface area contributed by atoms with E-state index in [4.69, 9.17) is 28.6 Å². The lowest BCUT2D eigenvalue weighted by Gasteiger charge is -2.28. The summed E-state index contributed by atoms with van der Waals surface area (Å²) in [4.78, 5) is 31.7. The molecule has 0 aliphatic carbocycles. The van der Waals surface area contributed by atoms with Gasteiger partial charge in [0.25, 0.3) is 0 Å². The number of amides is 1. The van der Waals surface area contributed by atoms with Gasteiger partial charge >= 0.3 is 5.97 Å². The monoisotopic (exact) mass is 601 g/mol. The van der Waals surface area contributed by atoms with Crippen molar-refractivity contribution >= 4 is 52.2 Å². The van der Waals surface area contributed by atoms with Gasteiger partial charge in [-0.05, 0) is 80.2 Å². The lowest BCUT2D eigenvalue weighted by Crippen LogP contribution is -2.29. The molecule has 2 unspecified atom stereocenters. The van der Waals surface area contributed by atoms with E-state index in [2.05, 4.69) is 26.3 Å². The summed E-state index contributed by atoms with van der Waals surface area (Å²) < 4.78 is 7.14. The Bertz CT molecular complexity index is 1670. The highest BCUT2D eigenvalue weighted by Gasteiger charge is 2.42. The van der Waals surface area contributed by atoms with Crippen LogP contribution < -0.4 is 15.5 Å². The number of pyridine rings is 1.